The van der Waals surface area contributed by atoms with Crippen LogP contribution in [-0.2, 0) is 4.74 Å². The predicted octanol–water partition coefficient (Wildman–Crippen LogP) is 3.13. The molecule has 1 aromatic carbocycles. The molecule has 2 aliphatic rings. The molecule has 2 fully saturated rings. The van der Waals surface area contributed by atoms with Crippen molar-refractivity contribution in [3.8, 4) is 0 Å². The lowest BCUT2D eigenvalue weighted by molar-refractivity contribution is -0.141. The van der Waals surface area contributed by atoms with Gasteiger partial charge >= 0.3 is 0 Å². The number of hydrazine groups is 1. The highest BCUT2D eigenvalue weighted by molar-refractivity contribution is 5.72. The van der Waals surface area contributed by atoms with E-state index in [1.165, 1.54) is 25.8 Å². The van der Waals surface area contributed by atoms with E-state index in [-0.39, 0.29) is 6.10 Å². The summed E-state index contributed by atoms with van der Waals surface area (Å²) in [6.07, 6.45) is 4.83. The van der Waals surface area contributed by atoms with Gasteiger partial charge in [-0.05, 0) is 25.1 Å². The molecule has 2 aromatic rings. The van der Waals surface area contributed by atoms with Crippen LogP contribution in [0.4, 0.5) is 0 Å². The first-order valence-electron chi connectivity index (χ1n) is 10.3. The molecule has 0 bridgehead atoms. The third-order valence-electron chi connectivity index (χ3n) is 5.60. The van der Waals surface area contributed by atoms with E-state index >= 15 is 0 Å². The minimum Gasteiger partial charge on any atom is -0.438 e. The molecule has 2 saturated heterocycles. The third-order valence-corrected chi connectivity index (χ3v) is 5.60. The summed E-state index contributed by atoms with van der Waals surface area (Å²) in [5.41, 5.74) is 1.74. The molecule has 1 radical (unpaired) electrons. The van der Waals surface area contributed by atoms with Crippen molar-refractivity contribution < 1.29 is 9.15 Å². The maximum Gasteiger partial charge on any atom is 0.226 e. The van der Waals surface area contributed by atoms with Crippen molar-refractivity contribution in [3.05, 3.63) is 37.1 Å². The Balaban J connectivity index is 1.29. The van der Waals surface area contributed by atoms with Gasteiger partial charge in [0.2, 0.25) is 5.89 Å². The first kappa shape index (κ1) is 18.9. The quantitative estimate of drug-likeness (QED) is 0.697. The van der Waals surface area contributed by atoms with Gasteiger partial charge in [-0.25, -0.2) is 15.0 Å². The largest absolute Gasteiger partial charge is 0.438 e. The van der Waals surface area contributed by atoms with Crippen molar-refractivity contribution in [1.82, 2.24) is 19.9 Å². The standard InChI is InChI=1S/C21H31N4O2/c1-2-3-4-7-10-23-11-13-24(14-12-23)25-15-16-26-20(17-25)21-22-18-8-5-6-9-19(18)27-21/h5-6,8-9,20H,1-4,7,10-17H2. The summed E-state index contributed by atoms with van der Waals surface area (Å²) >= 11 is 0. The molecule has 147 valence electrons. The Hall–Kier alpha value is -1.47. The van der Waals surface area contributed by atoms with Crippen LogP contribution in [-0.4, -0.2) is 72.3 Å². The van der Waals surface area contributed by atoms with Crippen molar-refractivity contribution in [1.29, 1.82) is 0 Å². The summed E-state index contributed by atoms with van der Waals surface area (Å²) in [7, 11) is 0. The van der Waals surface area contributed by atoms with Gasteiger partial charge in [-0.3, -0.25) is 0 Å². The van der Waals surface area contributed by atoms with Crippen molar-refractivity contribution in [3.63, 3.8) is 0 Å². The lowest BCUT2D eigenvalue weighted by atomic mass is 10.2. The molecule has 0 aliphatic carbocycles. The summed E-state index contributed by atoms with van der Waals surface area (Å²) in [5, 5.41) is 4.92. The number of hydrogen-bond donors (Lipinski definition) is 0. The van der Waals surface area contributed by atoms with Crippen LogP contribution in [0.3, 0.4) is 0 Å². The fourth-order valence-corrected chi connectivity index (χ4v) is 4.00. The molecule has 0 amide bonds. The molecule has 27 heavy (non-hydrogen) atoms. The van der Waals surface area contributed by atoms with Gasteiger partial charge in [-0.1, -0.05) is 38.3 Å². The Morgan fingerprint density at radius 3 is 2.67 bits per heavy atom. The smallest absolute Gasteiger partial charge is 0.226 e. The Bertz CT molecular complexity index is 678. The Labute approximate surface area is 162 Å². The van der Waals surface area contributed by atoms with E-state index in [1.807, 2.05) is 24.3 Å². The fraction of sp³-hybridized carbons (Fsp3) is 0.619. The maximum absolute atomic E-state index is 5.97. The molecular formula is C21H31N4O2. The van der Waals surface area contributed by atoms with Gasteiger partial charge < -0.3 is 14.1 Å². The van der Waals surface area contributed by atoms with Gasteiger partial charge in [0.05, 0.1) is 6.61 Å². The third kappa shape index (κ3) is 4.69. The SMILES string of the molecule is [CH2]CCCCCN1CCN(N2CCOC(c3nc4ccccc4o3)C2)CC1. The van der Waals surface area contributed by atoms with Crippen LogP contribution in [0.15, 0.2) is 28.7 Å². The van der Waals surface area contributed by atoms with Crippen molar-refractivity contribution in [2.45, 2.75) is 31.8 Å². The number of aromatic nitrogens is 1. The molecule has 3 heterocycles. The fourth-order valence-electron chi connectivity index (χ4n) is 4.00. The van der Waals surface area contributed by atoms with Gasteiger partial charge in [-0.15, -0.1) is 0 Å². The lowest BCUT2D eigenvalue weighted by Gasteiger charge is -2.43. The van der Waals surface area contributed by atoms with Gasteiger partial charge in [0.25, 0.3) is 0 Å². The average Bonchev–Trinajstić information content (AvgIpc) is 3.16. The molecule has 0 saturated carbocycles. The summed E-state index contributed by atoms with van der Waals surface area (Å²) < 4.78 is 11.9. The lowest BCUT2D eigenvalue weighted by Crippen LogP contribution is -2.56. The summed E-state index contributed by atoms with van der Waals surface area (Å²) in [6, 6.07) is 7.91. The number of morpholine rings is 1. The molecule has 6 nitrogen and oxygen atoms in total. The van der Waals surface area contributed by atoms with Crippen LogP contribution in [0, 0.1) is 6.92 Å². The van der Waals surface area contributed by atoms with Crippen LogP contribution in [0.25, 0.3) is 11.1 Å². The van der Waals surface area contributed by atoms with Crippen molar-refractivity contribution in [2.75, 3.05) is 52.4 Å². The normalized spacial score (nSPS) is 23.2. The second-order valence-electron chi connectivity index (χ2n) is 7.50. The number of oxazole rings is 1. The number of nitrogens with zero attached hydrogens (tertiary/aromatic N) is 4. The number of benzene rings is 1. The highest BCUT2D eigenvalue weighted by Gasteiger charge is 2.30. The Kier molecular flexibility index (Phi) is 6.39. The van der Waals surface area contributed by atoms with E-state index in [4.69, 9.17) is 9.15 Å². The molecule has 1 unspecified atom stereocenters. The predicted molar refractivity (Wildman–Crippen MR) is 106 cm³/mol. The number of hydrogen-bond acceptors (Lipinski definition) is 6. The molecular weight excluding hydrogens is 340 g/mol. The van der Waals surface area contributed by atoms with E-state index in [2.05, 4.69) is 26.8 Å². The monoisotopic (exact) mass is 371 g/mol. The van der Waals surface area contributed by atoms with Gasteiger partial charge in [0, 0.05) is 39.3 Å². The molecule has 4 rings (SSSR count). The highest BCUT2D eigenvalue weighted by atomic mass is 16.5. The second kappa shape index (κ2) is 9.15. The molecule has 6 heteroatoms. The number of fused-ring (bicyclic) bond motifs is 1. The van der Waals surface area contributed by atoms with Crippen LogP contribution < -0.4 is 0 Å². The van der Waals surface area contributed by atoms with Gasteiger partial charge in [-0.2, -0.15) is 0 Å². The summed E-state index contributed by atoms with van der Waals surface area (Å²) in [5.74, 6) is 0.699. The van der Waals surface area contributed by atoms with Crippen LogP contribution in [0.2, 0.25) is 0 Å². The molecule has 0 spiro atoms. The zero-order valence-electron chi connectivity index (χ0n) is 16.2. The minimum atomic E-state index is -0.0909. The van der Waals surface area contributed by atoms with Crippen molar-refractivity contribution in [2.24, 2.45) is 0 Å². The minimum absolute atomic E-state index is 0.0909. The maximum atomic E-state index is 5.97. The summed E-state index contributed by atoms with van der Waals surface area (Å²) in [4.78, 5) is 7.22. The Morgan fingerprint density at radius 1 is 1.00 bits per heavy atom. The van der Waals surface area contributed by atoms with E-state index < -0.39 is 0 Å². The van der Waals surface area contributed by atoms with Crippen LogP contribution in [0.5, 0.6) is 0 Å². The van der Waals surface area contributed by atoms with Gasteiger partial charge in [0.1, 0.15) is 11.6 Å². The van der Waals surface area contributed by atoms with E-state index in [0.29, 0.717) is 12.5 Å². The average molecular weight is 372 g/mol. The van der Waals surface area contributed by atoms with E-state index in [9.17, 15) is 0 Å². The van der Waals surface area contributed by atoms with Crippen LogP contribution in [0.1, 0.15) is 37.7 Å². The number of rotatable bonds is 7. The number of para-hydroxylation sites is 2. The Morgan fingerprint density at radius 2 is 1.85 bits per heavy atom. The molecule has 1 atom stereocenters. The van der Waals surface area contributed by atoms with E-state index in [1.54, 1.807) is 0 Å². The van der Waals surface area contributed by atoms with Crippen molar-refractivity contribution >= 4 is 11.1 Å². The topological polar surface area (TPSA) is 45.0 Å². The number of piperazine rings is 1. The first-order valence-corrected chi connectivity index (χ1v) is 10.3. The summed E-state index contributed by atoms with van der Waals surface area (Å²) in [6.45, 7) is 12.1. The van der Waals surface area contributed by atoms with Gasteiger partial charge in [0.15, 0.2) is 5.58 Å². The number of unbranched alkanes of at least 4 members (excludes halogenated alkanes) is 3. The zero-order valence-corrected chi connectivity index (χ0v) is 16.2. The van der Waals surface area contributed by atoms with Crippen LogP contribution >= 0.6 is 0 Å². The number of ether oxygens (including phenoxy) is 1. The van der Waals surface area contributed by atoms with E-state index in [0.717, 1.165) is 56.8 Å². The molecule has 0 N–H and O–H groups in total. The molecule has 1 aromatic heterocycles. The molecule has 2 aliphatic heterocycles. The second-order valence-corrected chi connectivity index (χ2v) is 7.50. The first-order chi connectivity index (χ1) is 13.3. The zero-order chi connectivity index (χ0) is 18.5. The highest BCUT2D eigenvalue weighted by Crippen LogP contribution is 2.26.